The van der Waals surface area contributed by atoms with Crippen molar-refractivity contribution in [2.45, 2.75) is 39.3 Å². The van der Waals surface area contributed by atoms with Crippen molar-refractivity contribution in [1.82, 2.24) is 14.9 Å². The Morgan fingerprint density at radius 1 is 1.32 bits per heavy atom. The van der Waals surface area contributed by atoms with Gasteiger partial charge in [-0.25, -0.2) is 13.1 Å². The summed E-state index contributed by atoms with van der Waals surface area (Å²) in [5.41, 5.74) is 0.276. The summed E-state index contributed by atoms with van der Waals surface area (Å²) in [5, 5.41) is 15.1. The fourth-order valence-corrected chi connectivity index (χ4v) is 3.36. The second-order valence-corrected chi connectivity index (χ2v) is 7.09. The maximum atomic E-state index is 12.1. The minimum Gasteiger partial charge on any atom is -0.392 e. The third kappa shape index (κ3) is 4.02. The summed E-state index contributed by atoms with van der Waals surface area (Å²) >= 11 is 0. The van der Waals surface area contributed by atoms with E-state index in [-0.39, 0.29) is 23.1 Å². The number of aliphatic hydroxyl groups is 1. The molecule has 0 spiro atoms. The van der Waals surface area contributed by atoms with Crippen LogP contribution in [0.4, 0.5) is 0 Å². The second-order valence-electron chi connectivity index (χ2n) is 5.39. The van der Waals surface area contributed by atoms with Crippen LogP contribution in [0.25, 0.3) is 0 Å². The van der Waals surface area contributed by atoms with Crippen LogP contribution in [0.1, 0.15) is 33.3 Å². The highest BCUT2D eigenvalue weighted by Gasteiger charge is 2.24. The van der Waals surface area contributed by atoms with Crippen LogP contribution in [0, 0.1) is 17.8 Å². The van der Waals surface area contributed by atoms with Crippen molar-refractivity contribution in [2.24, 2.45) is 17.8 Å². The van der Waals surface area contributed by atoms with Gasteiger partial charge in [-0.3, -0.25) is 5.10 Å². The zero-order valence-corrected chi connectivity index (χ0v) is 12.7. The molecule has 1 rings (SSSR count). The third-order valence-corrected chi connectivity index (χ3v) is 4.78. The zero-order chi connectivity index (χ0) is 14.6. The van der Waals surface area contributed by atoms with Crippen LogP contribution in [0.15, 0.2) is 11.2 Å². The molecule has 1 aromatic heterocycles. The molecule has 0 saturated heterocycles. The fraction of sp³-hybridized carbons (Fsp3) is 0.750. The number of hydrogen-bond donors (Lipinski definition) is 3. The number of hydrogen-bond acceptors (Lipinski definition) is 4. The number of nitrogens with one attached hydrogen (secondary N) is 2. The molecule has 0 fully saturated rings. The molecule has 110 valence electrons. The molecule has 0 atom stereocenters. The zero-order valence-electron chi connectivity index (χ0n) is 11.8. The summed E-state index contributed by atoms with van der Waals surface area (Å²) in [6, 6.07) is 0. The van der Waals surface area contributed by atoms with Gasteiger partial charge in [0.15, 0.2) is 5.03 Å². The topological polar surface area (TPSA) is 95.1 Å². The molecule has 1 heterocycles. The van der Waals surface area contributed by atoms with Crippen molar-refractivity contribution in [3.8, 4) is 0 Å². The molecule has 0 unspecified atom stereocenters. The molecule has 0 aliphatic rings. The van der Waals surface area contributed by atoms with Gasteiger partial charge in [0, 0.05) is 12.1 Å². The van der Waals surface area contributed by atoms with E-state index in [1.165, 1.54) is 6.20 Å². The van der Waals surface area contributed by atoms with E-state index in [1.54, 1.807) is 0 Å². The molecule has 7 heteroatoms. The lowest BCUT2D eigenvalue weighted by molar-refractivity contribution is 0.277. The molecule has 6 nitrogen and oxygen atoms in total. The van der Waals surface area contributed by atoms with Crippen LogP contribution >= 0.6 is 0 Å². The smallest absolute Gasteiger partial charge is 0.257 e. The van der Waals surface area contributed by atoms with Gasteiger partial charge < -0.3 is 5.11 Å². The third-order valence-electron chi connectivity index (χ3n) is 3.34. The van der Waals surface area contributed by atoms with Gasteiger partial charge in [0.25, 0.3) is 10.0 Å². The van der Waals surface area contributed by atoms with Gasteiger partial charge in [-0.05, 0) is 17.8 Å². The number of aromatic amines is 1. The van der Waals surface area contributed by atoms with Crippen LogP contribution in [0.5, 0.6) is 0 Å². The van der Waals surface area contributed by atoms with Crippen molar-refractivity contribution in [1.29, 1.82) is 0 Å². The van der Waals surface area contributed by atoms with Crippen molar-refractivity contribution in [2.75, 3.05) is 6.54 Å². The number of aromatic nitrogens is 2. The van der Waals surface area contributed by atoms with Gasteiger partial charge in [0.05, 0.1) is 12.8 Å². The molecule has 0 aliphatic carbocycles. The van der Waals surface area contributed by atoms with E-state index < -0.39 is 10.0 Å². The quantitative estimate of drug-likeness (QED) is 0.700. The van der Waals surface area contributed by atoms with Crippen molar-refractivity contribution in [3.05, 3.63) is 11.8 Å². The van der Waals surface area contributed by atoms with Crippen LogP contribution in [0.3, 0.4) is 0 Å². The van der Waals surface area contributed by atoms with E-state index in [9.17, 15) is 8.42 Å². The van der Waals surface area contributed by atoms with E-state index in [2.05, 4.69) is 42.6 Å². The van der Waals surface area contributed by atoms with Gasteiger partial charge in [-0.1, -0.05) is 27.7 Å². The van der Waals surface area contributed by atoms with Crippen LogP contribution in [-0.2, 0) is 16.6 Å². The molecule has 0 radical (unpaired) electrons. The van der Waals surface area contributed by atoms with Gasteiger partial charge >= 0.3 is 0 Å². The highest BCUT2D eigenvalue weighted by molar-refractivity contribution is 7.89. The molecular formula is C12H23N3O3S. The maximum Gasteiger partial charge on any atom is 0.257 e. The summed E-state index contributed by atoms with van der Waals surface area (Å²) in [4.78, 5) is 0. The summed E-state index contributed by atoms with van der Waals surface area (Å²) < 4.78 is 26.8. The van der Waals surface area contributed by atoms with Crippen LogP contribution < -0.4 is 4.72 Å². The second kappa shape index (κ2) is 6.49. The first-order valence-corrected chi connectivity index (χ1v) is 7.90. The standard InChI is InChI=1S/C12H23N3O3S/c1-8(2)11(9(3)4)6-14-19(17,18)12-10(7-16)5-13-15-12/h5,8-9,11,14,16H,6-7H2,1-4H3,(H,13,15). The largest absolute Gasteiger partial charge is 0.392 e. The van der Waals surface area contributed by atoms with E-state index in [0.717, 1.165) is 0 Å². The minimum absolute atomic E-state index is 0.0544. The lowest BCUT2D eigenvalue weighted by atomic mass is 9.86. The van der Waals surface area contributed by atoms with Crippen molar-refractivity contribution in [3.63, 3.8) is 0 Å². The Hall–Kier alpha value is -0.920. The monoisotopic (exact) mass is 289 g/mol. The molecule has 0 aromatic carbocycles. The Morgan fingerprint density at radius 3 is 2.37 bits per heavy atom. The molecule has 0 bridgehead atoms. The predicted octanol–water partition coefficient (Wildman–Crippen LogP) is 1.11. The Bertz CT molecular complexity index is 486. The lowest BCUT2D eigenvalue weighted by Gasteiger charge is -2.24. The first-order valence-electron chi connectivity index (χ1n) is 6.42. The number of sulfonamides is 1. The molecule has 19 heavy (non-hydrogen) atoms. The maximum absolute atomic E-state index is 12.1. The summed E-state index contributed by atoms with van der Waals surface area (Å²) in [6.45, 7) is 8.33. The Morgan fingerprint density at radius 2 is 1.89 bits per heavy atom. The number of rotatable bonds is 7. The molecule has 3 N–H and O–H groups in total. The molecular weight excluding hydrogens is 266 g/mol. The predicted molar refractivity (Wildman–Crippen MR) is 72.9 cm³/mol. The average Bonchev–Trinajstić information content (AvgIpc) is 2.76. The molecule has 1 aromatic rings. The lowest BCUT2D eigenvalue weighted by Crippen LogP contribution is -2.34. The van der Waals surface area contributed by atoms with Gasteiger partial charge in [-0.15, -0.1) is 0 Å². The van der Waals surface area contributed by atoms with Crippen LogP contribution in [-0.4, -0.2) is 30.3 Å². The Balaban J connectivity index is 2.81. The molecule has 0 aliphatic heterocycles. The Labute approximate surface area is 114 Å². The first kappa shape index (κ1) is 16.1. The average molecular weight is 289 g/mol. The highest BCUT2D eigenvalue weighted by Crippen LogP contribution is 2.20. The summed E-state index contributed by atoms with van der Waals surface area (Å²) in [7, 11) is -3.65. The number of aliphatic hydroxyl groups excluding tert-OH is 1. The van der Waals surface area contributed by atoms with E-state index >= 15 is 0 Å². The van der Waals surface area contributed by atoms with E-state index in [0.29, 0.717) is 18.4 Å². The van der Waals surface area contributed by atoms with Crippen LogP contribution in [0.2, 0.25) is 0 Å². The van der Waals surface area contributed by atoms with Gasteiger partial charge in [-0.2, -0.15) is 5.10 Å². The van der Waals surface area contributed by atoms with Gasteiger partial charge in [0.1, 0.15) is 0 Å². The molecule has 0 amide bonds. The van der Waals surface area contributed by atoms with E-state index in [4.69, 9.17) is 5.11 Å². The van der Waals surface area contributed by atoms with E-state index in [1.807, 2.05) is 0 Å². The normalized spacial score (nSPS) is 12.8. The fourth-order valence-electron chi connectivity index (χ4n) is 2.16. The van der Waals surface area contributed by atoms with Gasteiger partial charge in [0.2, 0.25) is 0 Å². The molecule has 0 saturated carbocycles. The minimum atomic E-state index is -3.65. The summed E-state index contributed by atoms with van der Waals surface area (Å²) in [6.07, 6.45) is 1.32. The Kier molecular flexibility index (Phi) is 5.51. The first-order chi connectivity index (χ1) is 8.79. The summed E-state index contributed by atoms with van der Waals surface area (Å²) in [5.74, 6) is 1.04. The van der Waals surface area contributed by atoms with Crippen molar-refractivity contribution < 1.29 is 13.5 Å². The highest BCUT2D eigenvalue weighted by atomic mass is 32.2. The number of nitrogens with zero attached hydrogens (tertiary/aromatic N) is 1. The number of H-pyrrole nitrogens is 1. The van der Waals surface area contributed by atoms with Crippen molar-refractivity contribution >= 4 is 10.0 Å². The SMILES string of the molecule is CC(C)C(CNS(=O)(=O)c1[nH]ncc1CO)C(C)C.